The van der Waals surface area contributed by atoms with Gasteiger partial charge in [0.25, 0.3) is 5.91 Å². The predicted octanol–water partition coefficient (Wildman–Crippen LogP) is 3.92. The van der Waals surface area contributed by atoms with Crippen molar-refractivity contribution < 1.29 is 14.3 Å². The maximum Gasteiger partial charge on any atom is 0.251 e. The maximum atomic E-state index is 12.4. The second kappa shape index (κ2) is 8.33. The van der Waals surface area contributed by atoms with Gasteiger partial charge in [-0.3, -0.25) is 9.59 Å². The Morgan fingerprint density at radius 2 is 1.68 bits per heavy atom. The number of carbonyl (C=O) groups excluding carboxylic acids is 2. The monoisotopic (exact) mass is 340 g/mol. The Morgan fingerprint density at radius 1 is 1.00 bits per heavy atom. The topological polar surface area (TPSA) is 67.4 Å². The van der Waals surface area contributed by atoms with Crippen molar-refractivity contribution in [1.82, 2.24) is 5.32 Å². The van der Waals surface area contributed by atoms with E-state index in [4.69, 9.17) is 4.74 Å². The highest BCUT2D eigenvalue weighted by Gasteiger charge is 2.12. The van der Waals surface area contributed by atoms with Crippen molar-refractivity contribution in [3.05, 3.63) is 59.7 Å². The van der Waals surface area contributed by atoms with Gasteiger partial charge in [-0.1, -0.05) is 12.1 Å². The molecule has 0 aromatic heterocycles. The summed E-state index contributed by atoms with van der Waals surface area (Å²) in [6.45, 7) is 7.28. The first kappa shape index (κ1) is 18.5. The van der Waals surface area contributed by atoms with Crippen molar-refractivity contribution in [3.63, 3.8) is 0 Å². The molecule has 2 N–H and O–H groups in total. The van der Waals surface area contributed by atoms with E-state index in [1.165, 1.54) is 6.92 Å². The number of hydrogen-bond acceptors (Lipinski definition) is 3. The van der Waals surface area contributed by atoms with Crippen LogP contribution in [0, 0.1) is 0 Å². The Hall–Kier alpha value is -2.82. The van der Waals surface area contributed by atoms with Crippen molar-refractivity contribution in [2.75, 3.05) is 5.32 Å². The Kier molecular flexibility index (Phi) is 6.17. The molecule has 2 aromatic rings. The highest BCUT2D eigenvalue weighted by molar-refractivity contribution is 5.94. The molecule has 0 saturated heterocycles. The molecule has 0 fully saturated rings. The summed E-state index contributed by atoms with van der Waals surface area (Å²) in [4.78, 5) is 23.6. The number of hydrogen-bond donors (Lipinski definition) is 2. The highest BCUT2D eigenvalue weighted by Crippen LogP contribution is 2.19. The third kappa shape index (κ3) is 5.64. The van der Waals surface area contributed by atoms with Crippen LogP contribution in [0.1, 0.15) is 49.7 Å². The normalized spacial score (nSPS) is 11.7. The highest BCUT2D eigenvalue weighted by atomic mass is 16.5. The first-order valence-electron chi connectivity index (χ1n) is 8.30. The Labute approximate surface area is 148 Å². The lowest BCUT2D eigenvalue weighted by Crippen LogP contribution is -2.26. The van der Waals surface area contributed by atoms with Gasteiger partial charge in [0.2, 0.25) is 5.91 Å². The molecule has 1 atom stereocenters. The van der Waals surface area contributed by atoms with E-state index in [1.807, 2.05) is 45.0 Å². The van der Waals surface area contributed by atoms with Crippen molar-refractivity contribution in [2.24, 2.45) is 0 Å². The molecule has 0 aliphatic carbocycles. The lowest BCUT2D eigenvalue weighted by molar-refractivity contribution is -0.114. The van der Waals surface area contributed by atoms with Gasteiger partial charge in [-0.15, -0.1) is 0 Å². The van der Waals surface area contributed by atoms with Crippen molar-refractivity contribution in [3.8, 4) is 5.75 Å². The number of ether oxygens (including phenoxy) is 1. The summed E-state index contributed by atoms with van der Waals surface area (Å²) in [5.41, 5.74) is 2.20. The Morgan fingerprint density at radius 3 is 2.28 bits per heavy atom. The maximum absolute atomic E-state index is 12.4. The molecule has 0 spiro atoms. The van der Waals surface area contributed by atoms with Gasteiger partial charge in [0.15, 0.2) is 0 Å². The molecule has 0 saturated carbocycles. The number of rotatable bonds is 6. The molecule has 1 unspecified atom stereocenters. The molecule has 0 aliphatic heterocycles. The van der Waals surface area contributed by atoms with Gasteiger partial charge in [0, 0.05) is 18.2 Å². The van der Waals surface area contributed by atoms with E-state index in [-0.39, 0.29) is 24.0 Å². The molecule has 25 heavy (non-hydrogen) atoms. The minimum absolute atomic E-state index is 0.0931. The molecule has 2 rings (SSSR count). The van der Waals surface area contributed by atoms with E-state index in [9.17, 15) is 9.59 Å². The van der Waals surface area contributed by atoms with Crippen LogP contribution in [-0.4, -0.2) is 17.9 Å². The van der Waals surface area contributed by atoms with Crippen LogP contribution in [0.3, 0.4) is 0 Å². The second-order valence-electron chi connectivity index (χ2n) is 6.19. The van der Waals surface area contributed by atoms with Crippen LogP contribution in [0.25, 0.3) is 0 Å². The van der Waals surface area contributed by atoms with E-state index in [0.29, 0.717) is 11.3 Å². The van der Waals surface area contributed by atoms with Crippen LogP contribution in [-0.2, 0) is 4.79 Å². The van der Waals surface area contributed by atoms with E-state index in [1.54, 1.807) is 24.3 Å². The molecule has 5 nitrogen and oxygen atoms in total. The molecule has 2 aromatic carbocycles. The molecule has 0 heterocycles. The lowest BCUT2D eigenvalue weighted by atomic mass is 10.1. The standard InChI is InChI=1S/C20H24N2O3/c1-13(2)25-19-10-8-16(9-11-19)20(24)21-14(3)17-6-5-7-18(12-17)22-15(4)23/h5-14H,1-4H3,(H,21,24)(H,22,23). The van der Waals surface area contributed by atoms with Gasteiger partial charge in [-0.05, 0) is 62.7 Å². The zero-order valence-electron chi connectivity index (χ0n) is 15.0. The average Bonchev–Trinajstić information content (AvgIpc) is 2.54. The van der Waals surface area contributed by atoms with Crippen LogP contribution in [0.4, 0.5) is 5.69 Å². The predicted molar refractivity (Wildman–Crippen MR) is 98.8 cm³/mol. The molecule has 132 valence electrons. The van der Waals surface area contributed by atoms with Gasteiger partial charge in [0.05, 0.1) is 12.1 Å². The Bertz CT molecular complexity index is 739. The van der Waals surface area contributed by atoms with Crippen LogP contribution >= 0.6 is 0 Å². The minimum atomic E-state index is -0.187. The molecule has 0 bridgehead atoms. The van der Waals surface area contributed by atoms with Crippen LogP contribution in [0.5, 0.6) is 5.75 Å². The molecule has 0 radical (unpaired) electrons. The first-order chi connectivity index (χ1) is 11.8. The zero-order valence-corrected chi connectivity index (χ0v) is 15.0. The van der Waals surface area contributed by atoms with Gasteiger partial charge in [-0.2, -0.15) is 0 Å². The fraction of sp³-hybridized carbons (Fsp3) is 0.300. The number of anilines is 1. The summed E-state index contributed by atoms with van der Waals surface area (Å²) in [5, 5.41) is 5.70. The van der Waals surface area contributed by atoms with Gasteiger partial charge < -0.3 is 15.4 Å². The number of benzene rings is 2. The van der Waals surface area contributed by atoms with Crippen LogP contribution in [0.2, 0.25) is 0 Å². The largest absolute Gasteiger partial charge is 0.491 e. The quantitative estimate of drug-likeness (QED) is 0.837. The number of nitrogens with one attached hydrogen (secondary N) is 2. The summed E-state index contributed by atoms with van der Waals surface area (Å²) in [6.07, 6.45) is 0.0931. The first-order valence-corrected chi connectivity index (χ1v) is 8.30. The molecule has 0 aliphatic rings. The number of carbonyl (C=O) groups is 2. The third-order valence-corrected chi connectivity index (χ3v) is 3.54. The van der Waals surface area contributed by atoms with Crippen LogP contribution < -0.4 is 15.4 Å². The molecular formula is C20H24N2O3. The number of amides is 2. The van der Waals surface area contributed by atoms with Gasteiger partial charge in [0.1, 0.15) is 5.75 Å². The van der Waals surface area contributed by atoms with E-state index in [2.05, 4.69) is 10.6 Å². The SMILES string of the molecule is CC(=O)Nc1cccc(C(C)NC(=O)c2ccc(OC(C)C)cc2)c1. The van der Waals surface area contributed by atoms with E-state index >= 15 is 0 Å². The van der Waals surface area contributed by atoms with E-state index in [0.717, 1.165) is 11.3 Å². The van der Waals surface area contributed by atoms with Crippen molar-refractivity contribution >= 4 is 17.5 Å². The summed E-state index contributed by atoms with van der Waals surface area (Å²) in [6, 6.07) is 14.3. The van der Waals surface area contributed by atoms with E-state index < -0.39 is 0 Å². The fourth-order valence-electron chi connectivity index (χ4n) is 2.41. The summed E-state index contributed by atoms with van der Waals surface area (Å²) < 4.78 is 5.58. The fourth-order valence-corrected chi connectivity index (χ4v) is 2.41. The zero-order chi connectivity index (χ0) is 18.4. The summed E-state index contributed by atoms with van der Waals surface area (Å²) in [5.74, 6) is 0.452. The minimum Gasteiger partial charge on any atom is -0.491 e. The average molecular weight is 340 g/mol. The van der Waals surface area contributed by atoms with Crippen molar-refractivity contribution in [1.29, 1.82) is 0 Å². The lowest BCUT2D eigenvalue weighted by Gasteiger charge is -2.16. The Balaban J connectivity index is 2.03. The molecule has 2 amide bonds. The summed E-state index contributed by atoms with van der Waals surface area (Å²) >= 11 is 0. The smallest absolute Gasteiger partial charge is 0.251 e. The van der Waals surface area contributed by atoms with Crippen molar-refractivity contribution in [2.45, 2.75) is 39.8 Å². The van der Waals surface area contributed by atoms with Gasteiger partial charge in [-0.25, -0.2) is 0 Å². The molecule has 5 heteroatoms. The summed E-state index contributed by atoms with van der Waals surface area (Å²) in [7, 11) is 0. The third-order valence-electron chi connectivity index (χ3n) is 3.54. The molecular weight excluding hydrogens is 316 g/mol. The van der Waals surface area contributed by atoms with Crippen LogP contribution in [0.15, 0.2) is 48.5 Å². The second-order valence-corrected chi connectivity index (χ2v) is 6.19. The van der Waals surface area contributed by atoms with Gasteiger partial charge >= 0.3 is 0 Å².